The summed E-state index contributed by atoms with van der Waals surface area (Å²) in [5.74, 6) is -1.68. The molecular weight excluding hydrogens is 507 g/mol. The molecule has 8 nitrogen and oxygen atoms in total. The minimum atomic E-state index is -1.92. The molecule has 3 N–H and O–H groups in total. The molecule has 0 spiro atoms. The number of amides is 3. The first-order valence-corrected chi connectivity index (χ1v) is 13.9. The van der Waals surface area contributed by atoms with Crippen LogP contribution in [0.4, 0.5) is 4.39 Å². The van der Waals surface area contributed by atoms with Crippen molar-refractivity contribution in [1.29, 1.82) is 0 Å². The Labute approximate surface area is 227 Å². The van der Waals surface area contributed by atoms with Gasteiger partial charge in [-0.05, 0) is 55.7 Å². The van der Waals surface area contributed by atoms with E-state index in [1.165, 1.54) is 4.90 Å². The SMILES string of the molecule is Cc1cc(-c2scnc2C)ccc1C(C)NC(=O)C1CC(O)CN1C(=O)C(NC(=O)C1(F)CC1)C(C)(C)C. The van der Waals surface area contributed by atoms with Crippen molar-refractivity contribution in [3.05, 3.63) is 40.5 Å². The standard InChI is InChI=1S/C28H37FN4O4S/c1-15-11-18(22-17(3)30-14-38-22)7-8-20(15)16(2)31-24(35)21-12-19(34)13-33(21)25(36)23(27(4,5)6)32-26(37)28(29)9-10-28/h7-8,11,14,16,19,21,23,34H,9-10,12-13H2,1-6H3,(H,31,35)(H,32,37). The number of aliphatic hydroxyl groups is 1. The molecule has 2 aromatic rings. The van der Waals surface area contributed by atoms with Crippen LogP contribution in [0.2, 0.25) is 0 Å². The lowest BCUT2D eigenvalue weighted by molar-refractivity contribution is -0.145. The smallest absolute Gasteiger partial charge is 0.258 e. The second kappa shape index (κ2) is 10.4. The van der Waals surface area contributed by atoms with Gasteiger partial charge in [0, 0.05) is 13.0 Å². The van der Waals surface area contributed by atoms with E-state index in [0.717, 1.165) is 27.3 Å². The maximum Gasteiger partial charge on any atom is 0.258 e. The van der Waals surface area contributed by atoms with E-state index >= 15 is 0 Å². The first-order valence-electron chi connectivity index (χ1n) is 13.0. The van der Waals surface area contributed by atoms with Crippen LogP contribution in [0.15, 0.2) is 23.7 Å². The number of benzene rings is 1. The van der Waals surface area contributed by atoms with Gasteiger partial charge in [0.1, 0.15) is 12.1 Å². The second-order valence-electron chi connectivity index (χ2n) is 11.7. The lowest BCUT2D eigenvalue weighted by Gasteiger charge is -2.35. The van der Waals surface area contributed by atoms with Gasteiger partial charge in [0.05, 0.1) is 28.2 Å². The number of aliphatic hydroxyl groups excluding tert-OH is 1. The Kier molecular flexibility index (Phi) is 7.69. The molecule has 1 saturated carbocycles. The highest BCUT2D eigenvalue weighted by atomic mass is 32.1. The van der Waals surface area contributed by atoms with E-state index in [2.05, 4.69) is 21.7 Å². The Bertz CT molecular complexity index is 1240. The van der Waals surface area contributed by atoms with Crippen molar-refractivity contribution in [1.82, 2.24) is 20.5 Å². The Morgan fingerprint density at radius 3 is 2.45 bits per heavy atom. The Hall–Kier alpha value is -2.85. The maximum absolute atomic E-state index is 14.4. The summed E-state index contributed by atoms with van der Waals surface area (Å²) in [6.45, 7) is 11.1. The fourth-order valence-electron chi connectivity index (χ4n) is 4.99. The highest BCUT2D eigenvalue weighted by molar-refractivity contribution is 7.13. The van der Waals surface area contributed by atoms with Gasteiger partial charge < -0.3 is 20.6 Å². The number of aryl methyl sites for hydroxylation is 2. The van der Waals surface area contributed by atoms with Gasteiger partial charge in [-0.15, -0.1) is 11.3 Å². The van der Waals surface area contributed by atoms with Crippen molar-refractivity contribution in [2.45, 2.75) is 90.7 Å². The topological polar surface area (TPSA) is 112 Å². The lowest BCUT2D eigenvalue weighted by atomic mass is 9.85. The van der Waals surface area contributed by atoms with Gasteiger partial charge >= 0.3 is 0 Å². The van der Waals surface area contributed by atoms with Gasteiger partial charge in [0.15, 0.2) is 5.67 Å². The zero-order chi connectivity index (χ0) is 28.0. The van der Waals surface area contributed by atoms with Crippen molar-refractivity contribution >= 4 is 29.1 Å². The summed E-state index contributed by atoms with van der Waals surface area (Å²) >= 11 is 1.58. The first kappa shape index (κ1) is 28.2. The van der Waals surface area contributed by atoms with Gasteiger partial charge in [0.25, 0.3) is 5.91 Å². The van der Waals surface area contributed by atoms with Gasteiger partial charge in [-0.2, -0.15) is 0 Å². The number of nitrogens with one attached hydrogen (secondary N) is 2. The zero-order valence-electron chi connectivity index (χ0n) is 22.8. The molecule has 1 aliphatic heterocycles. The predicted octanol–water partition coefficient (Wildman–Crippen LogP) is 3.60. The average molecular weight is 545 g/mol. The molecule has 0 bridgehead atoms. The van der Waals surface area contributed by atoms with E-state index in [4.69, 9.17) is 0 Å². The van der Waals surface area contributed by atoms with Crippen molar-refractivity contribution in [2.75, 3.05) is 6.54 Å². The minimum Gasteiger partial charge on any atom is -0.391 e. The highest BCUT2D eigenvalue weighted by Crippen LogP contribution is 2.40. The third-order valence-corrected chi connectivity index (χ3v) is 8.43. The number of carbonyl (C=O) groups is 3. The average Bonchev–Trinajstić information content (AvgIpc) is 3.24. The maximum atomic E-state index is 14.4. The molecule has 4 rings (SSSR count). The third kappa shape index (κ3) is 5.76. The Morgan fingerprint density at radius 2 is 1.89 bits per heavy atom. The summed E-state index contributed by atoms with van der Waals surface area (Å²) in [7, 11) is 0. The molecule has 2 heterocycles. The normalized spacial score (nSPS) is 22.1. The number of carbonyl (C=O) groups excluding carboxylic acids is 3. The molecule has 10 heteroatoms. The molecule has 1 saturated heterocycles. The van der Waals surface area contributed by atoms with Crippen LogP contribution in [0.25, 0.3) is 10.4 Å². The van der Waals surface area contributed by atoms with Crippen LogP contribution in [0.1, 0.15) is 69.8 Å². The molecule has 206 valence electrons. The van der Waals surface area contributed by atoms with Crippen molar-refractivity contribution in [3.8, 4) is 10.4 Å². The number of halogens is 1. The molecule has 1 aromatic carbocycles. The van der Waals surface area contributed by atoms with Gasteiger partial charge in [-0.3, -0.25) is 14.4 Å². The summed E-state index contributed by atoms with van der Waals surface area (Å²) in [6, 6.07) is 3.79. The van der Waals surface area contributed by atoms with Crippen LogP contribution in [0.5, 0.6) is 0 Å². The van der Waals surface area contributed by atoms with Gasteiger partial charge in [0.2, 0.25) is 11.8 Å². The molecule has 4 atom stereocenters. The van der Waals surface area contributed by atoms with Gasteiger partial charge in [-0.25, -0.2) is 9.37 Å². The van der Waals surface area contributed by atoms with E-state index in [0.29, 0.717) is 0 Å². The number of likely N-dealkylation sites (tertiary alicyclic amines) is 1. The summed E-state index contributed by atoms with van der Waals surface area (Å²) in [4.78, 5) is 46.2. The van der Waals surface area contributed by atoms with Crippen LogP contribution in [0.3, 0.4) is 0 Å². The lowest BCUT2D eigenvalue weighted by Crippen LogP contribution is -2.59. The van der Waals surface area contributed by atoms with Crippen LogP contribution < -0.4 is 10.6 Å². The van der Waals surface area contributed by atoms with E-state index in [-0.39, 0.29) is 37.8 Å². The molecule has 3 amide bonds. The molecule has 2 aliphatic rings. The van der Waals surface area contributed by atoms with E-state index < -0.39 is 41.1 Å². The van der Waals surface area contributed by atoms with E-state index in [1.54, 1.807) is 32.1 Å². The molecule has 1 aliphatic carbocycles. The van der Waals surface area contributed by atoms with Crippen LogP contribution >= 0.6 is 11.3 Å². The van der Waals surface area contributed by atoms with Crippen LogP contribution in [-0.2, 0) is 14.4 Å². The third-order valence-electron chi connectivity index (χ3n) is 7.45. The Morgan fingerprint density at radius 1 is 1.21 bits per heavy atom. The number of hydrogen-bond donors (Lipinski definition) is 3. The number of rotatable bonds is 7. The largest absolute Gasteiger partial charge is 0.391 e. The summed E-state index contributed by atoms with van der Waals surface area (Å²) in [5.41, 5.74) is 3.16. The van der Waals surface area contributed by atoms with Gasteiger partial charge in [-0.1, -0.05) is 39.0 Å². The summed E-state index contributed by atoms with van der Waals surface area (Å²) < 4.78 is 14.4. The van der Waals surface area contributed by atoms with E-state index in [1.807, 2.05) is 38.4 Å². The number of β-amino-alcohol motifs (C(OH)–C–C–N with tert-alkyl or cyclic N) is 1. The fraction of sp³-hybridized carbons (Fsp3) is 0.571. The van der Waals surface area contributed by atoms with Crippen LogP contribution in [-0.4, -0.2) is 63.1 Å². The Balaban J connectivity index is 1.49. The minimum absolute atomic E-state index is 0.0313. The number of alkyl halides is 1. The second-order valence-corrected chi connectivity index (χ2v) is 12.6. The number of aromatic nitrogens is 1. The molecule has 38 heavy (non-hydrogen) atoms. The van der Waals surface area contributed by atoms with Crippen LogP contribution in [0, 0.1) is 19.3 Å². The quantitative estimate of drug-likeness (QED) is 0.493. The zero-order valence-corrected chi connectivity index (χ0v) is 23.6. The number of hydrogen-bond acceptors (Lipinski definition) is 6. The number of thiazole rings is 1. The molecular formula is C28H37FN4O4S. The molecule has 2 fully saturated rings. The fourth-order valence-corrected chi connectivity index (χ4v) is 5.79. The summed E-state index contributed by atoms with van der Waals surface area (Å²) in [5, 5.41) is 16.0. The first-order chi connectivity index (χ1) is 17.7. The molecule has 1 aromatic heterocycles. The highest BCUT2D eigenvalue weighted by Gasteiger charge is 2.53. The molecule has 0 radical (unpaired) electrons. The number of nitrogens with zero attached hydrogens (tertiary/aromatic N) is 2. The van der Waals surface area contributed by atoms with Crippen molar-refractivity contribution < 1.29 is 23.9 Å². The summed E-state index contributed by atoms with van der Waals surface area (Å²) in [6.07, 6.45) is -0.509. The van der Waals surface area contributed by atoms with Crippen molar-refractivity contribution in [3.63, 3.8) is 0 Å². The molecule has 4 unspecified atom stereocenters. The predicted molar refractivity (Wildman–Crippen MR) is 144 cm³/mol. The monoisotopic (exact) mass is 544 g/mol. The van der Waals surface area contributed by atoms with E-state index in [9.17, 15) is 23.9 Å². The van der Waals surface area contributed by atoms with Crippen molar-refractivity contribution in [2.24, 2.45) is 5.41 Å².